The average Bonchev–Trinajstić information content (AvgIpc) is 3.07. The highest BCUT2D eigenvalue weighted by Gasteiger charge is 2.39. The molecule has 1 aliphatic carbocycles. The van der Waals surface area contributed by atoms with Crippen LogP contribution in [0.25, 0.3) is 0 Å². The predicted molar refractivity (Wildman–Crippen MR) is 79.5 cm³/mol. The lowest BCUT2D eigenvalue weighted by Crippen LogP contribution is -2.29. The first-order valence-electron chi connectivity index (χ1n) is 6.37. The van der Waals surface area contributed by atoms with Gasteiger partial charge in [-0.3, -0.25) is 0 Å². The van der Waals surface area contributed by atoms with Crippen LogP contribution in [0.5, 0.6) is 0 Å². The van der Waals surface area contributed by atoms with Crippen LogP contribution >= 0.6 is 12.2 Å². The molecule has 0 radical (unpaired) electrons. The third kappa shape index (κ3) is 3.32. The number of sulfonamides is 1. The van der Waals surface area contributed by atoms with Crippen LogP contribution in [0.4, 0.5) is 0 Å². The first-order valence-corrected chi connectivity index (χ1v) is 8.26. The molecule has 0 saturated heterocycles. The molecular weight excluding hydrogens is 280 g/mol. The zero-order valence-corrected chi connectivity index (χ0v) is 12.4. The normalized spacial score (nSPS) is 22.2. The van der Waals surface area contributed by atoms with Gasteiger partial charge in [0.25, 0.3) is 0 Å². The van der Waals surface area contributed by atoms with E-state index in [0.29, 0.717) is 11.5 Å². The predicted octanol–water partition coefficient (Wildman–Crippen LogP) is 1.79. The fourth-order valence-corrected chi connectivity index (χ4v) is 4.03. The highest BCUT2D eigenvalue weighted by Crippen LogP contribution is 2.35. The first kappa shape index (κ1) is 14.4. The fourth-order valence-electron chi connectivity index (χ4n) is 2.25. The zero-order chi connectivity index (χ0) is 14.0. The van der Waals surface area contributed by atoms with E-state index in [1.165, 1.54) is 6.07 Å². The third-order valence-electron chi connectivity index (χ3n) is 3.33. The zero-order valence-electron chi connectivity index (χ0n) is 10.8. The van der Waals surface area contributed by atoms with Crippen molar-refractivity contribution in [1.29, 1.82) is 0 Å². The minimum atomic E-state index is -3.54. The van der Waals surface area contributed by atoms with E-state index in [4.69, 9.17) is 18.0 Å². The highest BCUT2D eigenvalue weighted by molar-refractivity contribution is 7.89. The van der Waals surface area contributed by atoms with Gasteiger partial charge in [0.05, 0.1) is 4.90 Å². The summed E-state index contributed by atoms with van der Waals surface area (Å²) in [5.41, 5.74) is 5.97. The van der Waals surface area contributed by atoms with E-state index in [0.717, 1.165) is 19.3 Å². The molecule has 1 fully saturated rings. The number of nitrogens with one attached hydrogen (secondary N) is 1. The van der Waals surface area contributed by atoms with E-state index in [-0.39, 0.29) is 15.9 Å². The van der Waals surface area contributed by atoms with Crippen LogP contribution in [0, 0.1) is 5.92 Å². The van der Waals surface area contributed by atoms with Crippen molar-refractivity contribution in [3.8, 4) is 0 Å². The molecule has 104 valence electrons. The summed E-state index contributed by atoms with van der Waals surface area (Å²) in [6.45, 7) is 2.10. The lowest BCUT2D eigenvalue weighted by atomic mass is 10.2. The number of benzene rings is 1. The molecule has 1 saturated carbocycles. The molecule has 1 aromatic rings. The fraction of sp³-hybridized carbons (Fsp3) is 0.462. The van der Waals surface area contributed by atoms with E-state index in [1.807, 2.05) is 0 Å². The van der Waals surface area contributed by atoms with Crippen molar-refractivity contribution >= 4 is 27.2 Å². The molecule has 19 heavy (non-hydrogen) atoms. The minimum Gasteiger partial charge on any atom is -0.389 e. The van der Waals surface area contributed by atoms with E-state index < -0.39 is 10.0 Å². The number of nitrogens with two attached hydrogens (primary N) is 1. The molecule has 0 heterocycles. The topological polar surface area (TPSA) is 72.2 Å². The van der Waals surface area contributed by atoms with Gasteiger partial charge in [0.15, 0.2) is 0 Å². The Kier molecular flexibility index (Phi) is 4.23. The summed E-state index contributed by atoms with van der Waals surface area (Å²) < 4.78 is 27.4. The molecule has 6 heteroatoms. The minimum absolute atomic E-state index is 0.0596. The molecule has 0 bridgehead atoms. The number of hydrogen-bond acceptors (Lipinski definition) is 3. The molecule has 0 amide bonds. The van der Waals surface area contributed by atoms with Gasteiger partial charge in [0.1, 0.15) is 4.99 Å². The van der Waals surface area contributed by atoms with Crippen LogP contribution < -0.4 is 10.5 Å². The van der Waals surface area contributed by atoms with Crippen molar-refractivity contribution in [2.45, 2.75) is 37.1 Å². The molecule has 3 N–H and O–H groups in total. The van der Waals surface area contributed by atoms with E-state index >= 15 is 0 Å². The van der Waals surface area contributed by atoms with Gasteiger partial charge in [0.2, 0.25) is 10.0 Å². The summed E-state index contributed by atoms with van der Waals surface area (Å²) in [5.74, 6) is 0.469. The lowest BCUT2D eigenvalue weighted by molar-refractivity contribution is 0.573. The largest absolute Gasteiger partial charge is 0.389 e. The van der Waals surface area contributed by atoms with Crippen molar-refractivity contribution in [1.82, 2.24) is 4.72 Å². The van der Waals surface area contributed by atoms with Crippen molar-refractivity contribution in [3.05, 3.63) is 29.8 Å². The molecule has 4 nitrogen and oxygen atoms in total. The molecule has 1 aromatic carbocycles. The van der Waals surface area contributed by atoms with Gasteiger partial charge in [-0.25, -0.2) is 13.1 Å². The Hall–Kier alpha value is -0.980. The van der Waals surface area contributed by atoms with Crippen LogP contribution in [0.2, 0.25) is 0 Å². The Labute approximate surface area is 119 Å². The Bertz CT molecular complexity index is 584. The molecule has 2 unspecified atom stereocenters. The number of hydrogen-bond donors (Lipinski definition) is 2. The van der Waals surface area contributed by atoms with Gasteiger partial charge in [-0.15, -0.1) is 0 Å². The molecule has 0 aliphatic heterocycles. The third-order valence-corrected chi connectivity index (χ3v) is 5.10. The summed E-state index contributed by atoms with van der Waals surface area (Å²) in [5, 5.41) is 0. The molecule has 0 spiro atoms. The van der Waals surface area contributed by atoms with E-state index in [2.05, 4.69) is 11.6 Å². The van der Waals surface area contributed by atoms with Gasteiger partial charge >= 0.3 is 0 Å². The molecule has 2 atom stereocenters. The smallest absolute Gasteiger partial charge is 0.241 e. The van der Waals surface area contributed by atoms with Crippen LogP contribution in [0.1, 0.15) is 31.7 Å². The Morgan fingerprint density at radius 2 is 2.16 bits per heavy atom. The second-order valence-electron chi connectivity index (χ2n) is 4.87. The second kappa shape index (κ2) is 5.56. The van der Waals surface area contributed by atoms with Gasteiger partial charge in [-0.05, 0) is 24.8 Å². The maximum Gasteiger partial charge on any atom is 0.241 e. The summed E-state index contributed by atoms with van der Waals surface area (Å²) in [6.07, 6.45) is 3.05. The van der Waals surface area contributed by atoms with Crippen LogP contribution in [-0.4, -0.2) is 19.4 Å². The van der Waals surface area contributed by atoms with Gasteiger partial charge < -0.3 is 5.73 Å². The van der Waals surface area contributed by atoms with Crippen LogP contribution in [0.3, 0.4) is 0 Å². The highest BCUT2D eigenvalue weighted by atomic mass is 32.2. The van der Waals surface area contributed by atoms with Gasteiger partial charge in [-0.1, -0.05) is 43.8 Å². The van der Waals surface area contributed by atoms with Crippen molar-refractivity contribution in [2.75, 3.05) is 0 Å². The van der Waals surface area contributed by atoms with Crippen LogP contribution in [-0.2, 0) is 10.0 Å². The van der Waals surface area contributed by atoms with Gasteiger partial charge in [0, 0.05) is 11.6 Å². The summed E-state index contributed by atoms with van der Waals surface area (Å²) in [7, 11) is -3.54. The first-order chi connectivity index (χ1) is 8.95. The van der Waals surface area contributed by atoms with E-state index in [9.17, 15) is 8.42 Å². The SMILES string of the molecule is CCCC1CC1NS(=O)(=O)c1ccccc1C(N)=S. The van der Waals surface area contributed by atoms with Crippen LogP contribution in [0.15, 0.2) is 29.2 Å². The molecule has 0 aromatic heterocycles. The maximum atomic E-state index is 12.3. The van der Waals surface area contributed by atoms with E-state index in [1.54, 1.807) is 18.2 Å². The Balaban J connectivity index is 2.19. The standard InChI is InChI=1S/C13H18N2O2S2/c1-2-5-9-8-11(9)15-19(16,17)12-7-4-3-6-10(12)13(14)18/h3-4,6-7,9,11,15H,2,5,8H2,1H3,(H2,14,18). The quantitative estimate of drug-likeness (QED) is 0.785. The molecular formula is C13H18N2O2S2. The van der Waals surface area contributed by atoms with Crippen molar-refractivity contribution in [3.63, 3.8) is 0 Å². The Morgan fingerprint density at radius 1 is 1.47 bits per heavy atom. The second-order valence-corrected chi connectivity index (χ2v) is 6.99. The lowest BCUT2D eigenvalue weighted by Gasteiger charge is -2.10. The average molecular weight is 298 g/mol. The van der Waals surface area contributed by atoms with Crippen molar-refractivity contribution in [2.24, 2.45) is 11.7 Å². The monoisotopic (exact) mass is 298 g/mol. The number of rotatable bonds is 6. The summed E-state index contributed by atoms with van der Waals surface area (Å²) in [4.78, 5) is 0.270. The van der Waals surface area contributed by atoms with Crippen molar-refractivity contribution < 1.29 is 8.42 Å². The molecule has 2 rings (SSSR count). The molecule has 1 aliphatic rings. The van der Waals surface area contributed by atoms with Gasteiger partial charge in [-0.2, -0.15) is 0 Å². The Morgan fingerprint density at radius 3 is 2.79 bits per heavy atom. The summed E-state index contributed by atoms with van der Waals surface area (Å²) >= 11 is 4.90. The number of thiocarbonyl (C=S) groups is 1. The maximum absolute atomic E-state index is 12.3. The summed E-state index contributed by atoms with van der Waals surface area (Å²) in [6, 6.07) is 6.63.